The zero-order chi connectivity index (χ0) is 15.0. The molecule has 3 N–H and O–H groups in total. The maximum absolute atomic E-state index is 12.2. The Bertz CT molecular complexity index is 500. The van der Waals surface area contributed by atoms with E-state index in [0.29, 0.717) is 38.5 Å². The van der Waals surface area contributed by atoms with Crippen LogP contribution in [0.25, 0.3) is 0 Å². The summed E-state index contributed by atoms with van der Waals surface area (Å²) in [4.78, 5) is 18.1. The van der Waals surface area contributed by atoms with Gasteiger partial charge in [0.1, 0.15) is 5.84 Å². The third-order valence-electron chi connectivity index (χ3n) is 2.87. The first-order valence-electron chi connectivity index (χ1n) is 6.39. The van der Waals surface area contributed by atoms with Crippen LogP contribution < -0.4 is 16.2 Å². The van der Waals surface area contributed by atoms with Gasteiger partial charge in [-0.3, -0.25) is 4.79 Å². The number of aromatic nitrogens is 2. The molecule has 1 aromatic rings. The third-order valence-corrected chi connectivity index (χ3v) is 2.87. The van der Waals surface area contributed by atoms with Crippen LogP contribution in [0.4, 0.5) is 5.82 Å². The fourth-order valence-corrected chi connectivity index (χ4v) is 1.73. The first-order chi connectivity index (χ1) is 9.63. The van der Waals surface area contributed by atoms with E-state index in [9.17, 15) is 4.79 Å². The normalized spacial score (nSPS) is 11.6. The highest BCUT2D eigenvalue weighted by Crippen LogP contribution is 2.04. The predicted octanol–water partition coefficient (Wildman–Crippen LogP) is -0.147. The molecule has 1 aromatic heterocycles. The van der Waals surface area contributed by atoms with Crippen molar-refractivity contribution in [2.75, 3.05) is 31.7 Å². The second-order valence-electron chi connectivity index (χ2n) is 4.16. The van der Waals surface area contributed by atoms with Gasteiger partial charge in [-0.25, -0.2) is 4.98 Å². The first-order valence-corrected chi connectivity index (χ1v) is 6.39. The Kier molecular flexibility index (Phi) is 6.51. The Labute approximate surface area is 117 Å². The second kappa shape index (κ2) is 8.16. The average molecular weight is 283 g/mol. The van der Waals surface area contributed by atoms with Crippen LogP contribution in [0.1, 0.15) is 13.3 Å². The number of hydrogen-bond donors (Lipinski definition) is 2. The summed E-state index contributed by atoms with van der Waals surface area (Å²) in [6, 6.07) is 0. The minimum absolute atomic E-state index is 0.110. The first kappa shape index (κ1) is 16.0. The molecule has 8 nitrogen and oxygen atoms in total. The number of amidine groups is 1. The minimum Gasteiger partial charge on any atom is -0.409 e. The molecule has 0 atom stereocenters. The lowest BCUT2D eigenvalue weighted by atomic mass is 10.3. The molecule has 0 unspecified atom stereocenters. The van der Waals surface area contributed by atoms with E-state index in [-0.39, 0.29) is 11.4 Å². The Morgan fingerprint density at radius 2 is 2.35 bits per heavy atom. The van der Waals surface area contributed by atoms with Crippen LogP contribution in [-0.2, 0) is 11.3 Å². The van der Waals surface area contributed by atoms with Crippen molar-refractivity contribution in [2.24, 2.45) is 10.9 Å². The molecule has 1 heterocycles. The topological polar surface area (TPSA) is 106 Å². The highest BCUT2D eigenvalue weighted by Gasteiger charge is 2.13. The van der Waals surface area contributed by atoms with Gasteiger partial charge in [0.15, 0.2) is 5.82 Å². The van der Waals surface area contributed by atoms with Gasteiger partial charge in [0.2, 0.25) is 0 Å². The van der Waals surface area contributed by atoms with Gasteiger partial charge in [-0.15, -0.1) is 0 Å². The molecule has 0 bridgehead atoms. The van der Waals surface area contributed by atoms with Crippen LogP contribution >= 0.6 is 0 Å². The van der Waals surface area contributed by atoms with E-state index in [1.807, 2.05) is 6.92 Å². The van der Waals surface area contributed by atoms with Crippen molar-refractivity contribution in [3.8, 4) is 0 Å². The predicted molar refractivity (Wildman–Crippen MR) is 76.3 cm³/mol. The number of aryl methyl sites for hydroxylation is 1. The van der Waals surface area contributed by atoms with Crippen molar-refractivity contribution in [1.29, 1.82) is 0 Å². The summed E-state index contributed by atoms with van der Waals surface area (Å²) in [5, 5.41) is 11.5. The molecule has 0 aliphatic rings. The van der Waals surface area contributed by atoms with Crippen LogP contribution in [0.5, 0.6) is 0 Å². The lowest BCUT2D eigenvalue weighted by molar-refractivity contribution is 0.205. The quantitative estimate of drug-likeness (QED) is 0.297. The standard InChI is InChI=1S/C12H21N5O3/c1-3-16-7-5-14-11(12(16)18)17(8-9-20-2)6-4-10(13)15-19/h5,7,19H,3-4,6,8-9H2,1-2H3,(H2,13,15). The molecule has 0 saturated carbocycles. The van der Waals surface area contributed by atoms with E-state index in [2.05, 4.69) is 10.1 Å². The molecule has 0 saturated heterocycles. The molecule has 8 heteroatoms. The summed E-state index contributed by atoms with van der Waals surface area (Å²) < 4.78 is 6.61. The van der Waals surface area contributed by atoms with Gasteiger partial charge in [-0.1, -0.05) is 5.16 Å². The van der Waals surface area contributed by atoms with Gasteiger partial charge in [0, 0.05) is 45.6 Å². The Morgan fingerprint density at radius 3 is 2.95 bits per heavy atom. The van der Waals surface area contributed by atoms with Crippen molar-refractivity contribution in [2.45, 2.75) is 19.9 Å². The molecule has 1 rings (SSSR count). The van der Waals surface area contributed by atoms with Crippen molar-refractivity contribution in [3.63, 3.8) is 0 Å². The number of nitrogens with zero attached hydrogens (tertiary/aromatic N) is 4. The summed E-state index contributed by atoms with van der Waals surface area (Å²) in [5.41, 5.74) is 5.30. The summed E-state index contributed by atoms with van der Waals surface area (Å²) in [6.45, 7) is 3.85. The van der Waals surface area contributed by atoms with E-state index in [4.69, 9.17) is 15.7 Å². The fraction of sp³-hybridized carbons (Fsp3) is 0.583. The summed E-state index contributed by atoms with van der Waals surface area (Å²) >= 11 is 0. The lowest BCUT2D eigenvalue weighted by Crippen LogP contribution is -2.37. The summed E-state index contributed by atoms with van der Waals surface area (Å²) in [6.07, 6.45) is 3.57. The molecule has 0 radical (unpaired) electrons. The van der Waals surface area contributed by atoms with Crippen LogP contribution in [0, 0.1) is 0 Å². The molecule has 0 aromatic carbocycles. The maximum atomic E-state index is 12.2. The highest BCUT2D eigenvalue weighted by molar-refractivity contribution is 5.80. The number of ether oxygens (including phenoxy) is 1. The number of hydrogen-bond acceptors (Lipinski definition) is 6. The van der Waals surface area contributed by atoms with Crippen LogP contribution in [-0.4, -0.2) is 47.4 Å². The number of nitrogens with two attached hydrogens (primary N) is 1. The molecule has 0 aliphatic heterocycles. The number of methoxy groups -OCH3 is 1. The molecule has 20 heavy (non-hydrogen) atoms. The smallest absolute Gasteiger partial charge is 0.293 e. The third kappa shape index (κ3) is 4.23. The monoisotopic (exact) mass is 283 g/mol. The van der Waals surface area contributed by atoms with E-state index in [1.165, 1.54) is 0 Å². The largest absolute Gasteiger partial charge is 0.409 e. The van der Waals surface area contributed by atoms with Gasteiger partial charge < -0.3 is 25.1 Å². The molecule has 112 valence electrons. The summed E-state index contributed by atoms with van der Waals surface area (Å²) in [5.74, 6) is 0.455. The zero-order valence-corrected chi connectivity index (χ0v) is 11.8. The average Bonchev–Trinajstić information content (AvgIpc) is 2.47. The van der Waals surface area contributed by atoms with Crippen LogP contribution in [0.2, 0.25) is 0 Å². The van der Waals surface area contributed by atoms with Gasteiger partial charge in [0.05, 0.1) is 6.61 Å². The zero-order valence-electron chi connectivity index (χ0n) is 11.8. The van der Waals surface area contributed by atoms with Crippen molar-refractivity contribution in [3.05, 3.63) is 22.7 Å². The molecular formula is C12H21N5O3. The molecule has 0 amide bonds. The molecule has 0 spiro atoms. The molecule has 0 fully saturated rings. The SMILES string of the molecule is CCn1ccnc(N(CCOC)CCC(N)=NO)c1=O. The lowest BCUT2D eigenvalue weighted by Gasteiger charge is -2.22. The van der Waals surface area contributed by atoms with Crippen molar-refractivity contribution in [1.82, 2.24) is 9.55 Å². The van der Waals surface area contributed by atoms with Crippen LogP contribution in [0.3, 0.4) is 0 Å². The summed E-state index contributed by atoms with van der Waals surface area (Å²) in [7, 11) is 1.59. The van der Waals surface area contributed by atoms with Gasteiger partial charge >= 0.3 is 0 Å². The van der Waals surface area contributed by atoms with E-state index >= 15 is 0 Å². The molecular weight excluding hydrogens is 262 g/mol. The van der Waals surface area contributed by atoms with Crippen LogP contribution in [0.15, 0.2) is 22.3 Å². The fourth-order valence-electron chi connectivity index (χ4n) is 1.73. The Morgan fingerprint density at radius 1 is 1.60 bits per heavy atom. The maximum Gasteiger partial charge on any atom is 0.293 e. The van der Waals surface area contributed by atoms with Gasteiger partial charge in [-0.2, -0.15) is 0 Å². The van der Waals surface area contributed by atoms with E-state index in [1.54, 1.807) is 29.0 Å². The number of rotatable bonds is 8. The van der Waals surface area contributed by atoms with Gasteiger partial charge in [-0.05, 0) is 6.92 Å². The minimum atomic E-state index is -0.161. The highest BCUT2D eigenvalue weighted by atomic mass is 16.5. The number of oxime groups is 1. The second-order valence-corrected chi connectivity index (χ2v) is 4.16. The van der Waals surface area contributed by atoms with E-state index in [0.717, 1.165) is 0 Å². The Balaban J connectivity index is 2.95. The van der Waals surface area contributed by atoms with Crippen molar-refractivity contribution < 1.29 is 9.94 Å². The Hall–Kier alpha value is -2.09. The molecule has 0 aliphatic carbocycles. The van der Waals surface area contributed by atoms with Crippen molar-refractivity contribution >= 4 is 11.7 Å². The van der Waals surface area contributed by atoms with Gasteiger partial charge in [0.25, 0.3) is 5.56 Å². The van der Waals surface area contributed by atoms with E-state index < -0.39 is 0 Å². The number of anilines is 1.